The fourth-order valence-electron chi connectivity index (χ4n) is 4.21. The van der Waals surface area contributed by atoms with Gasteiger partial charge in [-0.05, 0) is 58.2 Å². The Morgan fingerprint density at radius 3 is 2.61 bits per heavy atom. The molecule has 204 valence electrons. The van der Waals surface area contributed by atoms with Crippen molar-refractivity contribution in [3.8, 4) is 21.8 Å². The zero-order valence-corrected chi connectivity index (χ0v) is 23.5. The van der Waals surface area contributed by atoms with Crippen molar-refractivity contribution in [1.82, 2.24) is 19.9 Å². The van der Waals surface area contributed by atoms with Gasteiger partial charge in [0.15, 0.2) is 5.82 Å². The second-order valence-corrected chi connectivity index (χ2v) is 13.0. The van der Waals surface area contributed by atoms with Gasteiger partial charge in [0.25, 0.3) is 0 Å². The van der Waals surface area contributed by atoms with E-state index < -0.39 is 21.4 Å². The summed E-state index contributed by atoms with van der Waals surface area (Å²) in [6, 6.07) is 6.32. The number of halogens is 1. The average Bonchev–Trinajstić information content (AvgIpc) is 3.30. The summed E-state index contributed by atoms with van der Waals surface area (Å²) in [7, 11) is -3.68. The Hall–Kier alpha value is -3.12. The quantitative estimate of drug-likeness (QED) is 0.395. The molecule has 9 nitrogen and oxygen atoms in total. The van der Waals surface area contributed by atoms with Gasteiger partial charge in [0.1, 0.15) is 11.9 Å². The normalized spacial score (nSPS) is 14.9. The first-order valence-electron chi connectivity index (χ1n) is 12.5. The van der Waals surface area contributed by atoms with Gasteiger partial charge in [-0.15, -0.1) is 11.3 Å². The average molecular weight is 562 g/mol. The summed E-state index contributed by atoms with van der Waals surface area (Å²) in [4.78, 5) is 28.0. The third-order valence-corrected chi connectivity index (χ3v) is 8.66. The predicted octanol–water partition coefficient (Wildman–Crippen LogP) is 5.67. The highest BCUT2D eigenvalue weighted by molar-refractivity contribution is 7.92. The van der Waals surface area contributed by atoms with E-state index in [1.54, 1.807) is 36.2 Å². The van der Waals surface area contributed by atoms with Gasteiger partial charge >= 0.3 is 6.09 Å². The van der Waals surface area contributed by atoms with Crippen LogP contribution in [0.4, 0.5) is 14.9 Å². The number of nitrogens with one attached hydrogen (secondary N) is 1. The van der Waals surface area contributed by atoms with Crippen LogP contribution >= 0.6 is 11.3 Å². The number of rotatable bonds is 7. The molecule has 0 unspecified atom stereocenters. The molecule has 1 aliphatic heterocycles. The molecule has 0 atom stereocenters. The highest BCUT2D eigenvalue weighted by Crippen LogP contribution is 2.42. The number of carbonyl (C=O) groups excluding carboxylic acids is 1. The van der Waals surface area contributed by atoms with Gasteiger partial charge in [0.2, 0.25) is 10.0 Å². The molecule has 3 aromatic rings. The summed E-state index contributed by atoms with van der Waals surface area (Å²) in [5.41, 5.74) is 0.496. The van der Waals surface area contributed by atoms with E-state index in [0.29, 0.717) is 48.6 Å². The van der Waals surface area contributed by atoms with Crippen molar-refractivity contribution < 1.29 is 22.3 Å². The molecule has 1 aliphatic rings. The van der Waals surface area contributed by atoms with E-state index in [4.69, 9.17) is 9.72 Å². The van der Waals surface area contributed by atoms with Crippen LogP contribution < -0.4 is 4.72 Å². The summed E-state index contributed by atoms with van der Waals surface area (Å²) in [5.74, 6) is -0.729. The maximum atomic E-state index is 15.7. The van der Waals surface area contributed by atoms with E-state index in [1.165, 1.54) is 23.7 Å². The SMILES string of the molecule is CCCS(=O)(=O)Nc1cccc(-c2nc(C3CCN(C(=O)OC(C)(C)C)CC3)sc2-c2ccncn2)c1F. The Labute approximate surface area is 226 Å². The zero-order valence-electron chi connectivity index (χ0n) is 21.9. The van der Waals surface area contributed by atoms with Crippen LogP contribution in [0.2, 0.25) is 0 Å². The van der Waals surface area contributed by atoms with Crippen LogP contribution in [0.5, 0.6) is 0 Å². The first-order chi connectivity index (χ1) is 18.0. The first-order valence-corrected chi connectivity index (χ1v) is 15.0. The number of ether oxygens (including phenoxy) is 1. The van der Waals surface area contributed by atoms with Crippen molar-refractivity contribution in [3.63, 3.8) is 0 Å². The summed E-state index contributed by atoms with van der Waals surface area (Å²) in [6.45, 7) is 8.32. The third kappa shape index (κ3) is 6.65. The smallest absolute Gasteiger partial charge is 0.410 e. The molecule has 4 rings (SSSR count). The first kappa shape index (κ1) is 27.9. The molecule has 38 heavy (non-hydrogen) atoms. The van der Waals surface area contributed by atoms with Crippen molar-refractivity contribution in [2.45, 2.75) is 58.5 Å². The molecule has 1 fully saturated rings. The lowest BCUT2D eigenvalue weighted by Crippen LogP contribution is -2.41. The van der Waals surface area contributed by atoms with Gasteiger partial charge in [-0.2, -0.15) is 0 Å². The number of amides is 1. The van der Waals surface area contributed by atoms with E-state index >= 15 is 4.39 Å². The summed E-state index contributed by atoms with van der Waals surface area (Å²) in [5, 5.41) is 0.814. The molecule has 12 heteroatoms. The number of aromatic nitrogens is 3. The second-order valence-electron chi connectivity index (χ2n) is 10.2. The van der Waals surface area contributed by atoms with E-state index in [0.717, 1.165) is 5.01 Å². The maximum Gasteiger partial charge on any atom is 0.410 e. The van der Waals surface area contributed by atoms with E-state index in [2.05, 4.69) is 14.7 Å². The van der Waals surface area contributed by atoms with Crippen molar-refractivity contribution in [1.29, 1.82) is 0 Å². The van der Waals surface area contributed by atoms with Crippen molar-refractivity contribution in [2.24, 2.45) is 0 Å². The molecular weight excluding hydrogens is 529 g/mol. The Morgan fingerprint density at radius 2 is 1.97 bits per heavy atom. The molecule has 0 spiro atoms. The van der Waals surface area contributed by atoms with Crippen molar-refractivity contribution in [2.75, 3.05) is 23.6 Å². The fraction of sp³-hybridized carbons (Fsp3) is 0.462. The fourth-order valence-corrected chi connectivity index (χ4v) is 6.57. The number of thiazole rings is 1. The minimum Gasteiger partial charge on any atom is -0.444 e. The number of likely N-dealkylation sites (tertiary alicyclic amines) is 1. The van der Waals surface area contributed by atoms with Crippen LogP contribution in [0.3, 0.4) is 0 Å². The van der Waals surface area contributed by atoms with Gasteiger partial charge in [0, 0.05) is 30.8 Å². The molecule has 2 aromatic heterocycles. The number of hydrogen-bond acceptors (Lipinski definition) is 8. The van der Waals surface area contributed by atoms with Gasteiger partial charge in [-0.25, -0.2) is 32.6 Å². The number of hydrogen-bond donors (Lipinski definition) is 1. The van der Waals surface area contributed by atoms with Crippen molar-refractivity contribution >= 4 is 33.1 Å². The minimum atomic E-state index is -3.68. The zero-order chi connectivity index (χ0) is 27.5. The predicted molar refractivity (Wildman–Crippen MR) is 146 cm³/mol. The molecule has 0 bridgehead atoms. The number of carbonyl (C=O) groups is 1. The van der Waals surface area contributed by atoms with Crippen LogP contribution in [0.15, 0.2) is 36.8 Å². The molecule has 1 amide bonds. The number of nitrogens with zero attached hydrogens (tertiary/aromatic N) is 4. The van der Waals surface area contributed by atoms with Gasteiger partial charge in [-0.3, -0.25) is 4.72 Å². The van der Waals surface area contributed by atoms with Gasteiger partial charge < -0.3 is 9.64 Å². The van der Waals surface area contributed by atoms with E-state index in [-0.39, 0.29) is 29.0 Å². The standard InChI is InChI=1S/C26H32FN5O4S2/c1-5-15-38(34,35)31-19-8-6-7-18(21(19)27)22-23(20-9-12-28-16-29-20)37-24(30-22)17-10-13-32(14-11-17)25(33)36-26(2,3)4/h6-9,12,16-17,31H,5,10-11,13-15H2,1-4H3. The molecule has 1 N–H and O–H groups in total. The molecule has 3 heterocycles. The van der Waals surface area contributed by atoms with Crippen LogP contribution in [0, 0.1) is 5.82 Å². The van der Waals surface area contributed by atoms with Crippen LogP contribution in [-0.4, -0.2) is 58.8 Å². The summed E-state index contributed by atoms with van der Waals surface area (Å²) in [6.07, 6.45) is 4.49. The highest BCUT2D eigenvalue weighted by Gasteiger charge is 2.30. The molecule has 1 aromatic carbocycles. The molecule has 0 saturated carbocycles. The third-order valence-electron chi connectivity index (χ3n) is 5.95. The topological polar surface area (TPSA) is 114 Å². The summed E-state index contributed by atoms with van der Waals surface area (Å²) < 4.78 is 48.2. The van der Waals surface area contributed by atoms with Gasteiger partial charge in [-0.1, -0.05) is 13.0 Å². The summed E-state index contributed by atoms with van der Waals surface area (Å²) >= 11 is 1.43. The number of sulfonamides is 1. The number of anilines is 1. The highest BCUT2D eigenvalue weighted by atomic mass is 32.2. The van der Waals surface area contributed by atoms with Crippen LogP contribution in [0.1, 0.15) is 57.9 Å². The van der Waals surface area contributed by atoms with Crippen molar-refractivity contribution in [3.05, 3.63) is 47.6 Å². The lowest BCUT2D eigenvalue weighted by atomic mass is 9.97. The Morgan fingerprint density at radius 1 is 1.24 bits per heavy atom. The van der Waals surface area contributed by atoms with Crippen LogP contribution in [0.25, 0.3) is 21.8 Å². The Balaban J connectivity index is 1.65. The second kappa shape index (κ2) is 11.3. The Kier molecular flexibility index (Phi) is 8.31. The van der Waals surface area contributed by atoms with Gasteiger partial charge in [0.05, 0.1) is 32.7 Å². The van der Waals surface area contributed by atoms with Crippen LogP contribution in [-0.2, 0) is 14.8 Å². The Bertz CT molecular complexity index is 1380. The minimum absolute atomic E-state index is 0.0716. The monoisotopic (exact) mass is 561 g/mol. The molecule has 0 radical (unpaired) electrons. The molecular formula is C26H32FN5O4S2. The number of piperidine rings is 1. The largest absolute Gasteiger partial charge is 0.444 e. The molecule has 1 saturated heterocycles. The van der Waals surface area contributed by atoms with E-state index in [1.807, 2.05) is 20.8 Å². The lowest BCUT2D eigenvalue weighted by Gasteiger charge is -2.32. The lowest BCUT2D eigenvalue weighted by molar-refractivity contribution is 0.0204. The number of benzene rings is 1. The van der Waals surface area contributed by atoms with E-state index in [9.17, 15) is 13.2 Å². The molecule has 0 aliphatic carbocycles. The maximum absolute atomic E-state index is 15.7.